The molecule has 33 heavy (non-hydrogen) atoms. The summed E-state index contributed by atoms with van der Waals surface area (Å²) < 4.78 is 30.3. The number of Topliss-reactive ketones (excluding diaryl/α,β-unsaturated/α-hetero) is 1. The first-order chi connectivity index (χ1) is 16.0. The lowest BCUT2D eigenvalue weighted by Gasteiger charge is -2.44. The second kappa shape index (κ2) is 8.35. The Hall–Kier alpha value is -3.68. The van der Waals surface area contributed by atoms with Crippen LogP contribution in [-0.4, -0.2) is 48.9 Å². The summed E-state index contributed by atoms with van der Waals surface area (Å²) >= 11 is 0. The van der Waals surface area contributed by atoms with Gasteiger partial charge in [0.2, 0.25) is 0 Å². The standard InChI is InChI=1S/C25H24FN3O4/c1-31-18-13-21(32-2)24-20(30)15-25(33-22(24)14-18)9-11-29(12-10-25)23-8-7-19(27-28-23)16-3-5-17(26)6-4-16/h3-8,13-14H,9-12,15H2,1-2H3. The molecule has 3 heterocycles. The minimum absolute atomic E-state index is 0.0210. The molecule has 0 N–H and O–H groups in total. The van der Waals surface area contributed by atoms with Crippen LogP contribution in [0, 0.1) is 5.82 Å². The summed E-state index contributed by atoms with van der Waals surface area (Å²) in [5.41, 5.74) is 1.42. The molecule has 2 aliphatic rings. The average molecular weight is 449 g/mol. The highest BCUT2D eigenvalue weighted by Gasteiger charge is 2.44. The lowest BCUT2D eigenvalue weighted by atomic mass is 9.82. The Labute approximate surface area is 191 Å². The molecule has 2 aromatic carbocycles. The van der Waals surface area contributed by atoms with Crippen molar-refractivity contribution < 1.29 is 23.4 Å². The number of hydrogen-bond donors (Lipinski definition) is 0. The predicted molar refractivity (Wildman–Crippen MR) is 121 cm³/mol. The highest BCUT2D eigenvalue weighted by molar-refractivity contribution is 6.03. The zero-order chi connectivity index (χ0) is 23.0. The molecule has 0 bridgehead atoms. The van der Waals surface area contributed by atoms with Crippen LogP contribution in [0.25, 0.3) is 11.3 Å². The quantitative estimate of drug-likeness (QED) is 0.588. The third kappa shape index (κ3) is 3.97. The first-order valence-electron chi connectivity index (χ1n) is 10.8. The first kappa shape index (κ1) is 21.2. The van der Waals surface area contributed by atoms with Crippen LogP contribution >= 0.6 is 0 Å². The molecule has 0 unspecified atom stereocenters. The molecule has 1 aromatic heterocycles. The third-order valence-corrected chi connectivity index (χ3v) is 6.37. The Morgan fingerprint density at radius 3 is 2.39 bits per heavy atom. The smallest absolute Gasteiger partial charge is 0.174 e. The summed E-state index contributed by atoms with van der Waals surface area (Å²) in [6.45, 7) is 1.38. The van der Waals surface area contributed by atoms with Crippen molar-refractivity contribution in [3.8, 4) is 28.5 Å². The first-order valence-corrected chi connectivity index (χ1v) is 10.8. The molecule has 7 nitrogen and oxygen atoms in total. The van der Waals surface area contributed by atoms with Gasteiger partial charge in [-0.15, -0.1) is 10.2 Å². The van der Waals surface area contributed by atoms with E-state index in [0.29, 0.717) is 60.9 Å². The predicted octanol–water partition coefficient (Wildman–Crippen LogP) is 4.30. The second-order valence-corrected chi connectivity index (χ2v) is 8.36. The molecular weight excluding hydrogens is 425 g/mol. The number of hydrogen-bond acceptors (Lipinski definition) is 7. The normalized spacial score (nSPS) is 16.8. The molecule has 3 aromatic rings. The van der Waals surface area contributed by atoms with Crippen molar-refractivity contribution in [3.05, 3.63) is 59.9 Å². The Balaban J connectivity index is 1.31. The van der Waals surface area contributed by atoms with Gasteiger partial charge in [-0.1, -0.05) is 0 Å². The Morgan fingerprint density at radius 1 is 1.00 bits per heavy atom. The van der Waals surface area contributed by atoms with Crippen molar-refractivity contribution in [2.24, 2.45) is 0 Å². The van der Waals surface area contributed by atoms with Gasteiger partial charge in [0.05, 0.1) is 26.3 Å². The summed E-state index contributed by atoms with van der Waals surface area (Å²) in [5, 5.41) is 8.68. The third-order valence-electron chi connectivity index (χ3n) is 6.37. The minimum Gasteiger partial charge on any atom is -0.496 e. The highest BCUT2D eigenvalue weighted by Crippen LogP contribution is 2.45. The Morgan fingerprint density at radius 2 is 1.76 bits per heavy atom. The van der Waals surface area contributed by atoms with Gasteiger partial charge in [0.1, 0.15) is 34.2 Å². The van der Waals surface area contributed by atoms with E-state index in [4.69, 9.17) is 14.2 Å². The van der Waals surface area contributed by atoms with Crippen molar-refractivity contribution in [1.29, 1.82) is 0 Å². The molecular formula is C25H24FN3O4. The molecule has 1 spiro atoms. The number of carbonyl (C=O) groups excluding carboxylic acids is 1. The van der Waals surface area contributed by atoms with Gasteiger partial charge < -0.3 is 19.1 Å². The van der Waals surface area contributed by atoms with Crippen LogP contribution in [-0.2, 0) is 0 Å². The number of methoxy groups -OCH3 is 2. The number of anilines is 1. The van der Waals surface area contributed by atoms with Crippen LogP contribution in [0.4, 0.5) is 10.2 Å². The van der Waals surface area contributed by atoms with Gasteiger partial charge in [0.25, 0.3) is 0 Å². The molecule has 5 rings (SSSR count). The lowest BCUT2D eigenvalue weighted by molar-refractivity contribution is 0.0224. The van der Waals surface area contributed by atoms with Crippen LogP contribution in [0.1, 0.15) is 29.6 Å². The molecule has 1 saturated heterocycles. The molecule has 1 fully saturated rings. The number of ether oxygens (including phenoxy) is 3. The van der Waals surface area contributed by atoms with E-state index in [1.54, 1.807) is 31.4 Å². The Bertz CT molecular complexity index is 1170. The summed E-state index contributed by atoms with van der Waals surface area (Å²) in [6, 6.07) is 13.4. The van der Waals surface area contributed by atoms with Crippen molar-refractivity contribution in [3.63, 3.8) is 0 Å². The molecule has 0 saturated carbocycles. The number of aromatic nitrogens is 2. The fraction of sp³-hybridized carbons (Fsp3) is 0.320. The Kier molecular flexibility index (Phi) is 5.36. The molecule has 0 amide bonds. The largest absolute Gasteiger partial charge is 0.496 e. The fourth-order valence-electron chi connectivity index (χ4n) is 4.54. The monoisotopic (exact) mass is 449 g/mol. The number of halogens is 1. The number of fused-ring (bicyclic) bond motifs is 1. The van der Waals surface area contributed by atoms with Gasteiger partial charge in [-0.05, 0) is 36.4 Å². The van der Waals surface area contributed by atoms with E-state index in [1.807, 2.05) is 12.1 Å². The fourth-order valence-corrected chi connectivity index (χ4v) is 4.54. The molecule has 2 aliphatic heterocycles. The van der Waals surface area contributed by atoms with Crippen LogP contribution in [0.15, 0.2) is 48.5 Å². The summed E-state index contributed by atoms with van der Waals surface area (Å²) in [4.78, 5) is 15.2. The number of ketones is 1. The highest BCUT2D eigenvalue weighted by atomic mass is 19.1. The maximum absolute atomic E-state index is 13.2. The van der Waals surface area contributed by atoms with Gasteiger partial charge in [0, 0.05) is 43.6 Å². The van der Waals surface area contributed by atoms with Crippen molar-refractivity contribution in [2.75, 3.05) is 32.2 Å². The van der Waals surface area contributed by atoms with Gasteiger partial charge in [-0.2, -0.15) is 0 Å². The van der Waals surface area contributed by atoms with E-state index < -0.39 is 5.60 Å². The number of rotatable bonds is 4. The lowest BCUT2D eigenvalue weighted by Crippen LogP contribution is -2.51. The average Bonchev–Trinajstić information content (AvgIpc) is 2.84. The van der Waals surface area contributed by atoms with Crippen LogP contribution in [0.2, 0.25) is 0 Å². The van der Waals surface area contributed by atoms with Crippen molar-refractivity contribution in [2.45, 2.75) is 24.9 Å². The summed E-state index contributed by atoms with van der Waals surface area (Å²) in [7, 11) is 3.11. The zero-order valence-corrected chi connectivity index (χ0v) is 18.5. The zero-order valence-electron chi connectivity index (χ0n) is 18.5. The SMILES string of the molecule is COc1cc(OC)c2c(c1)OC1(CCN(c3ccc(-c4ccc(F)cc4)nn3)CC1)CC2=O. The summed E-state index contributed by atoms with van der Waals surface area (Å²) in [5.74, 6) is 2.07. The molecule has 0 aliphatic carbocycles. The van der Waals surface area contributed by atoms with E-state index in [-0.39, 0.29) is 11.6 Å². The van der Waals surface area contributed by atoms with Crippen molar-refractivity contribution >= 4 is 11.6 Å². The van der Waals surface area contributed by atoms with Gasteiger partial charge in [-0.3, -0.25) is 4.79 Å². The molecule has 8 heteroatoms. The molecule has 0 radical (unpaired) electrons. The second-order valence-electron chi connectivity index (χ2n) is 8.36. The van der Waals surface area contributed by atoms with Crippen LogP contribution in [0.5, 0.6) is 17.2 Å². The van der Waals surface area contributed by atoms with Gasteiger partial charge in [-0.25, -0.2) is 4.39 Å². The van der Waals surface area contributed by atoms with Gasteiger partial charge in [0.15, 0.2) is 11.6 Å². The van der Waals surface area contributed by atoms with E-state index >= 15 is 0 Å². The number of carbonyl (C=O) groups is 1. The van der Waals surface area contributed by atoms with Crippen LogP contribution < -0.4 is 19.1 Å². The topological polar surface area (TPSA) is 73.8 Å². The van der Waals surface area contributed by atoms with E-state index in [9.17, 15) is 9.18 Å². The van der Waals surface area contributed by atoms with E-state index in [2.05, 4.69) is 15.1 Å². The van der Waals surface area contributed by atoms with Crippen LogP contribution in [0.3, 0.4) is 0 Å². The van der Waals surface area contributed by atoms with Crippen molar-refractivity contribution in [1.82, 2.24) is 10.2 Å². The molecule has 0 atom stereocenters. The number of nitrogens with zero attached hydrogens (tertiary/aromatic N) is 3. The number of piperidine rings is 1. The molecule has 170 valence electrons. The minimum atomic E-state index is -0.556. The van der Waals surface area contributed by atoms with Gasteiger partial charge >= 0.3 is 0 Å². The maximum atomic E-state index is 13.2. The van der Waals surface area contributed by atoms with E-state index in [1.165, 1.54) is 19.2 Å². The number of benzene rings is 2. The maximum Gasteiger partial charge on any atom is 0.174 e. The summed E-state index contributed by atoms with van der Waals surface area (Å²) in [6.07, 6.45) is 1.67. The van der Waals surface area contributed by atoms with E-state index in [0.717, 1.165) is 11.4 Å².